The molecule has 7 aromatic rings. The van der Waals surface area contributed by atoms with Crippen molar-refractivity contribution in [2.45, 2.75) is 0 Å². The molecule has 0 fully saturated rings. The van der Waals surface area contributed by atoms with Crippen LogP contribution in [-0.4, -0.2) is 4.40 Å². The van der Waals surface area contributed by atoms with Gasteiger partial charge in [0, 0.05) is 38.5 Å². The van der Waals surface area contributed by atoms with Crippen LogP contribution < -0.4 is 0 Å². The summed E-state index contributed by atoms with van der Waals surface area (Å²) in [5, 5.41) is 8.72. The van der Waals surface area contributed by atoms with Gasteiger partial charge in [0.05, 0.1) is 11.0 Å². The fourth-order valence-corrected chi connectivity index (χ4v) is 4.81. The van der Waals surface area contributed by atoms with E-state index in [1.165, 1.54) is 48.7 Å². The fourth-order valence-electron chi connectivity index (χ4n) is 4.81. The van der Waals surface area contributed by atoms with E-state index in [0.717, 1.165) is 11.2 Å². The summed E-state index contributed by atoms with van der Waals surface area (Å²) in [6.07, 6.45) is 2.26. The maximum absolute atomic E-state index is 6.17. The van der Waals surface area contributed by atoms with Gasteiger partial charge in [0.15, 0.2) is 0 Å². The van der Waals surface area contributed by atoms with Crippen molar-refractivity contribution in [2.24, 2.45) is 0 Å². The number of hydrogen-bond donors (Lipinski definition) is 0. The van der Waals surface area contributed by atoms with Gasteiger partial charge in [-0.15, -0.1) is 0 Å². The first-order valence-corrected chi connectivity index (χ1v) is 9.55. The average molecular weight is 357 g/mol. The number of pyridine rings is 1. The summed E-state index contributed by atoms with van der Waals surface area (Å²) in [4.78, 5) is 0. The first-order valence-electron chi connectivity index (χ1n) is 9.55. The van der Waals surface area contributed by atoms with Gasteiger partial charge in [-0.3, -0.25) is 0 Å². The van der Waals surface area contributed by atoms with Gasteiger partial charge < -0.3 is 8.82 Å². The van der Waals surface area contributed by atoms with E-state index < -0.39 is 0 Å². The van der Waals surface area contributed by atoms with Crippen molar-refractivity contribution < 1.29 is 4.42 Å². The molecular weight excluding hydrogens is 342 g/mol. The van der Waals surface area contributed by atoms with Crippen LogP contribution in [0.2, 0.25) is 0 Å². The van der Waals surface area contributed by atoms with Crippen molar-refractivity contribution in [1.82, 2.24) is 4.40 Å². The Balaban J connectivity index is 1.90. The molecule has 3 aromatic heterocycles. The van der Waals surface area contributed by atoms with Crippen molar-refractivity contribution in [3.8, 4) is 0 Å². The third kappa shape index (κ3) is 1.64. The first kappa shape index (κ1) is 14.3. The molecule has 2 heteroatoms. The van der Waals surface area contributed by atoms with Crippen LogP contribution in [0.3, 0.4) is 0 Å². The molecule has 0 radical (unpaired) electrons. The molecule has 28 heavy (non-hydrogen) atoms. The molecular formula is C26H15NO. The van der Waals surface area contributed by atoms with Gasteiger partial charge in [0.25, 0.3) is 0 Å². The second-order valence-corrected chi connectivity index (χ2v) is 7.41. The molecule has 0 N–H and O–H groups in total. The summed E-state index contributed by atoms with van der Waals surface area (Å²) >= 11 is 0. The van der Waals surface area contributed by atoms with Crippen molar-refractivity contribution in [3.05, 3.63) is 91.1 Å². The normalized spacial score (nSPS) is 12.3. The highest BCUT2D eigenvalue weighted by Crippen LogP contribution is 2.41. The largest absolute Gasteiger partial charge is 0.456 e. The summed E-state index contributed by atoms with van der Waals surface area (Å²) in [6.45, 7) is 0. The molecule has 0 unspecified atom stereocenters. The van der Waals surface area contributed by atoms with Crippen LogP contribution in [0.5, 0.6) is 0 Å². The number of nitrogens with zero attached hydrogens (tertiary/aromatic N) is 1. The molecule has 130 valence electrons. The van der Waals surface area contributed by atoms with E-state index in [-0.39, 0.29) is 0 Å². The van der Waals surface area contributed by atoms with E-state index in [1.54, 1.807) is 0 Å². The van der Waals surface area contributed by atoms with E-state index >= 15 is 0 Å². The minimum Gasteiger partial charge on any atom is -0.456 e. The molecule has 4 aromatic carbocycles. The summed E-state index contributed by atoms with van der Waals surface area (Å²) in [5.74, 6) is 0. The van der Waals surface area contributed by atoms with Crippen molar-refractivity contribution in [3.63, 3.8) is 0 Å². The van der Waals surface area contributed by atoms with Crippen LogP contribution in [0.25, 0.3) is 59.9 Å². The van der Waals surface area contributed by atoms with E-state index in [1.807, 2.05) is 12.1 Å². The molecule has 0 aliphatic rings. The molecule has 0 aliphatic heterocycles. The summed E-state index contributed by atoms with van der Waals surface area (Å²) < 4.78 is 8.52. The maximum Gasteiger partial charge on any atom is 0.136 e. The number of benzene rings is 4. The summed E-state index contributed by atoms with van der Waals surface area (Å²) in [7, 11) is 0. The topological polar surface area (TPSA) is 17.6 Å². The van der Waals surface area contributed by atoms with Gasteiger partial charge in [0.1, 0.15) is 11.2 Å². The minimum atomic E-state index is 0.937. The van der Waals surface area contributed by atoms with Gasteiger partial charge >= 0.3 is 0 Å². The highest BCUT2D eigenvalue weighted by Gasteiger charge is 2.17. The van der Waals surface area contributed by atoms with E-state index in [4.69, 9.17) is 4.42 Å². The zero-order valence-electron chi connectivity index (χ0n) is 15.0. The van der Waals surface area contributed by atoms with Crippen LogP contribution in [0, 0.1) is 0 Å². The highest BCUT2D eigenvalue weighted by molar-refractivity contribution is 6.29. The Morgan fingerprint density at radius 3 is 2.14 bits per heavy atom. The lowest BCUT2D eigenvalue weighted by Gasteiger charge is -2.10. The Bertz CT molecular complexity index is 1720. The van der Waals surface area contributed by atoms with E-state index in [2.05, 4.69) is 83.4 Å². The number of furan rings is 1. The quantitative estimate of drug-likeness (QED) is 0.260. The van der Waals surface area contributed by atoms with Crippen LogP contribution in [0.15, 0.2) is 95.5 Å². The Morgan fingerprint density at radius 1 is 0.536 bits per heavy atom. The van der Waals surface area contributed by atoms with Crippen LogP contribution in [0.1, 0.15) is 0 Å². The predicted molar refractivity (Wildman–Crippen MR) is 117 cm³/mol. The highest BCUT2D eigenvalue weighted by atomic mass is 16.3. The molecule has 0 aliphatic carbocycles. The molecule has 0 saturated heterocycles. The van der Waals surface area contributed by atoms with E-state index in [0.29, 0.717) is 0 Å². The minimum absolute atomic E-state index is 0.937. The monoisotopic (exact) mass is 357 g/mol. The van der Waals surface area contributed by atoms with Gasteiger partial charge in [-0.25, -0.2) is 0 Å². The SMILES string of the molecule is c1ccc2c(c1)cn1c3ccc4oc5ccccc5c4c3c3ccccc3c21. The van der Waals surface area contributed by atoms with Gasteiger partial charge in [-0.05, 0) is 23.6 Å². The molecule has 0 amide bonds. The fraction of sp³-hybridized carbons (Fsp3) is 0. The van der Waals surface area contributed by atoms with Crippen LogP contribution in [-0.2, 0) is 0 Å². The Labute approximate surface area is 160 Å². The number of fused-ring (bicyclic) bond motifs is 12. The van der Waals surface area contributed by atoms with Crippen molar-refractivity contribution in [1.29, 1.82) is 0 Å². The zero-order chi connectivity index (χ0) is 18.2. The smallest absolute Gasteiger partial charge is 0.136 e. The van der Waals surface area contributed by atoms with Gasteiger partial charge in [0.2, 0.25) is 0 Å². The number of aromatic nitrogens is 1. The zero-order valence-corrected chi connectivity index (χ0v) is 15.0. The second kappa shape index (κ2) is 4.93. The second-order valence-electron chi connectivity index (χ2n) is 7.41. The molecule has 7 rings (SSSR count). The number of para-hydroxylation sites is 1. The Hall–Kier alpha value is -3.78. The summed E-state index contributed by atoms with van der Waals surface area (Å²) in [6, 6.07) is 30.0. The predicted octanol–water partition coefficient (Wildman–Crippen LogP) is 7.30. The Morgan fingerprint density at radius 2 is 1.25 bits per heavy atom. The number of rotatable bonds is 0. The molecule has 0 spiro atoms. The molecule has 0 saturated carbocycles. The lowest BCUT2D eigenvalue weighted by Crippen LogP contribution is -1.90. The lowest BCUT2D eigenvalue weighted by atomic mass is 9.99. The molecule has 0 bridgehead atoms. The lowest BCUT2D eigenvalue weighted by molar-refractivity contribution is 0.669. The van der Waals surface area contributed by atoms with Crippen molar-refractivity contribution in [2.75, 3.05) is 0 Å². The Kier molecular flexibility index (Phi) is 2.52. The average Bonchev–Trinajstić information content (AvgIpc) is 3.32. The van der Waals surface area contributed by atoms with Gasteiger partial charge in [-0.2, -0.15) is 0 Å². The molecule has 3 heterocycles. The standard InChI is InChI=1S/C26H15NO/c1-2-8-17-16(7-1)15-27-21-13-14-23-25(20-11-5-6-12-22(20)28-23)24(21)18-9-3-4-10-19(18)26(17)27/h1-15H. The van der Waals surface area contributed by atoms with E-state index in [9.17, 15) is 0 Å². The van der Waals surface area contributed by atoms with Crippen molar-refractivity contribution >= 4 is 59.9 Å². The third-order valence-electron chi connectivity index (χ3n) is 5.96. The first-order chi connectivity index (χ1) is 13.9. The maximum atomic E-state index is 6.17. The summed E-state index contributed by atoms with van der Waals surface area (Å²) in [5.41, 5.74) is 4.36. The molecule has 2 nitrogen and oxygen atoms in total. The van der Waals surface area contributed by atoms with Crippen LogP contribution >= 0.6 is 0 Å². The van der Waals surface area contributed by atoms with Gasteiger partial charge in [-0.1, -0.05) is 66.7 Å². The number of hydrogen-bond acceptors (Lipinski definition) is 1. The molecule has 0 atom stereocenters. The van der Waals surface area contributed by atoms with Crippen LogP contribution in [0.4, 0.5) is 0 Å². The third-order valence-corrected chi connectivity index (χ3v) is 5.96.